The second kappa shape index (κ2) is 6.30. The van der Waals surface area contributed by atoms with Crippen molar-refractivity contribution >= 4 is 32.2 Å². The Morgan fingerprint density at radius 1 is 1.25 bits per heavy atom. The molecule has 0 fully saturated rings. The molecule has 1 aromatic heterocycles. The smallest absolute Gasteiger partial charge is 0.191 e. The molecule has 114 valence electrons. The van der Waals surface area contributed by atoms with Crippen molar-refractivity contribution in [3.63, 3.8) is 0 Å². The Balaban J connectivity index is 2.57. The number of hydrogen-bond acceptors (Lipinski definition) is 2. The van der Waals surface area contributed by atoms with Crippen LogP contribution in [0.3, 0.4) is 0 Å². The molecule has 0 amide bonds. The minimum atomic E-state index is -1.62. The third kappa shape index (κ3) is 4.16. The maximum atomic E-state index is 6.28. The van der Waals surface area contributed by atoms with Gasteiger partial charge in [0.25, 0.3) is 0 Å². The lowest BCUT2D eigenvalue weighted by Gasteiger charge is -2.36. The predicted octanol–water partition coefficient (Wildman–Crippen LogP) is 5.17. The summed E-state index contributed by atoms with van der Waals surface area (Å²) in [7, 11) is -3.13. The van der Waals surface area contributed by atoms with Crippen LogP contribution in [0.1, 0.15) is 27.2 Å². The maximum absolute atomic E-state index is 6.28. The average molecular weight is 327 g/mol. The third-order valence-corrected chi connectivity index (χ3v) is 15.2. The first-order valence-electron chi connectivity index (χ1n) is 7.35. The molecule has 0 aliphatic heterocycles. The molecule has 1 rings (SSSR count). The van der Waals surface area contributed by atoms with Gasteiger partial charge in [-0.05, 0) is 34.4 Å². The number of rotatable bonds is 6. The molecule has 0 atom stereocenters. The molecule has 0 aliphatic carbocycles. The summed E-state index contributed by atoms with van der Waals surface area (Å²) >= 11 is 1.87. The molecule has 0 unspecified atom stereocenters. The molecule has 0 saturated carbocycles. The topological polar surface area (TPSA) is 9.23 Å². The van der Waals surface area contributed by atoms with Crippen LogP contribution in [-0.4, -0.2) is 23.0 Å². The number of thiophene rings is 1. The Bertz CT molecular complexity index is 442. The highest BCUT2D eigenvalue weighted by atomic mass is 32.1. The van der Waals surface area contributed by atoms with Gasteiger partial charge in [0.15, 0.2) is 8.32 Å². The van der Waals surface area contributed by atoms with Crippen molar-refractivity contribution in [1.82, 2.24) is 0 Å². The van der Waals surface area contributed by atoms with E-state index in [1.807, 2.05) is 11.3 Å². The SMILES string of the molecule is C=C(CCO[Si](C)(C)C(C)(C)C)[Si](C)(C)c1cccs1. The Morgan fingerprint density at radius 3 is 2.30 bits per heavy atom. The third-order valence-electron chi connectivity index (χ3n) is 4.69. The fourth-order valence-electron chi connectivity index (χ4n) is 1.77. The van der Waals surface area contributed by atoms with Crippen LogP contribution in [0.2, 0.25) is 31.2 Å². The Kier molecular flexibility index (Phi) is 5.63. The second-order valence-electron chi connectivity index (χ2n) is 7.56. The molecule has 0 spiro atoms. The zero-order valence-electron chi connectivity index (χ0n) is 14.2. The molecule has 0 aliphatic rings. The molecule has 4 heteroatoms. The summed E-state index contributed by atoms with van der Waals surface area (Å²) < 4.78 is 7.80. The van der Waals surface area contributed by atoms with Crippen molar-refractivity contribution < 1.29 is 4.43 Å². The van der Waals surface area contributed by atoms with Crippen LogP contribution in [0.15, 0.2) is 29.3 Å². The first-order chi connectivity index (χ1) is 8.98. The van der Waals surface area contributed by atoms with E-state index in [0.717, 1.165) is 13.0 Å². The highest BCUT2D eigenvalue weighted by Gasteiger charge is 2.37. The van der Waals surface area contributed by atoms with Crippen LogP contribution >= 0.6 is 11.3 Å². The van der Waals surface area contributed by atoms with E-state index in [4.69, 9.17) is 4.43 Å². The largest absolute Gasteiger partial charge is 0.417 e. The van der Waals surface area contributed by atoms with E-state index >= 15 is 0 Å². The van der Waals surface area contributed by atoms with Crippen molar-refractivity contribution in [1.29, 1.82) is 0 Å². The van der Waals surface area contributed by atoms with Gasteiger partial charge >= 0.3 is 0 Å². The molecule has 20 heavy (non-hydrogen) atoms. The Labute approximate surface area is 131 Å². The fourth-order valence-corrected chi connectivity index (χ4v) is 6.68. The van der Waals surface area contributed by atoms with Crippen LogP contribution in [0, 0.1) is 0 Å². The number of hydrogen-bond donors (Lipinski definition) is 0. The van der Waals surface area contributed by atoms with E-state index in [0.29, 0.717) is 0 Å². The van der Waals surface area contributed by atoms with Crippen molar-refractivity contribution in [2.75, 3.05) is 6.61 Å². The van der Waals surface area contributed by atoms with Crippen molar-refractivity contribution in [3.8, 4) is 0 Å². The first-order valence-corrected chi connectivity index (χ1v) is 14.1. The van der Waals surface area contributed by atoms with Gasteiger partial charge in [-0.15, -0.1) is 6.58 Å². The molecular formula is C16H30OSSi2. The van der Waals surface area contributed by atoms with Crippen LogP contribution in [-0.2, 0) is 4.43 Å². The summed E-state index contributed by atoms with van der Waals surface area (Å²) in [6.45, 7) is 21.5. The highest BCUT2D eigenvalue weighted by molar-refractivity contribution is 7.26. The molecule has 1 aromatic rings. The fraction of sp³-hybridized carbons (Fsp3) is 0.625. The molecule has 1 nitrogen and oxygen atoms in total. The zero-order valence-corrected chi connectivity index (χ0v) is 17.0. The quantitative estimate of drug-likeness (QED) is 0.655. The first kappa shape index (κ1) is 17.9. The van der Waals surface area contributed by atoms with Gasteiger partial charge in [0.1, 0.15) is 8.07 Å². The molecule has 1 heterocycles. The van der Waals surface area contributed by atoms with E-state index < -0.39 is 16.4 Å². The van der Waals surface area contributed by atoms with Crippen LogP contribution in [0.5, 0.6) is 0 Å². The van der Waals surface area contributed by atoms with Gasteiger partial charge in [0.05, 0.1) is 0 Å². The van der Waals surface area contributed by atoms with Gasteiger partial charge < -0.3 is 4.43 Å². The summed E-state index contributed by atoms with van der Waals surface area (Å²) in [6, 6.07) is 4.41. The average Bonchev–Trinajstić information content (AvgIpc) is 2.80. The summed E-state index contributed by atoms with van der Waals surface area (Å²) in [5.41, 5.74) is 0. The Hall–Kier alpha value is -0.166. The van der Waals surface area contributed by atoms with Gasteiger partial charge in [-0.2, -0.15) is 11.3 Å². The lowest BCUT2D eigenvalue weighted by molar-refractivity contribution is 0.293. The molecule has 0 radical (unpaired) electrons. The van der Waals surface area contributed by atoms with E-state index in [1.54, 1.807) is 0 Å². The van der Waals surface area contributed by atoms with Crippen molar-refractivity contribution in [3.05, 3.63) is 29.3 Å². The lowest BCUT2D eigenvalue weighted by Crippen LogP contribution is -2.43. The van der Waals surface area contributed by atoms with E-state index in [1.165, 1.54) is 9.70 Å². The van der Waals surface area contributed by atoms with Gasteiger partial charge in [-0.25, -0.2) is 0 Å². The van der Waals surface area contributed by atoms with Gasteiger partial charge in [0.2, 0.25) is 0 Å². The molecule has 0 bridgehead atoms. The normalized spacial score (nSPS) is 13.6. The molecule has 0 aromatic carbocycles. The zero-order chi connectivity index (χ0) is 15.6. The van der Waals surface area contributed by atoms with Gasteiger partial charge in [-0.1, -0.05) is 51.2 Å². The summed E-state index contributed by atoms with van der Waals surface area (Å²) in [6.07, 6.45) is 1.00. The minimum Gasteiger partial charge on any atom is -0.417 e. The van der Waals surface area contributed by atoms with E-state index in [9.17, 15) is 0 Å². The maximum Gasteiger partial charge on any atom is 0.191 e. The van der Waals surface area contributed by atoms with Crippen LogP contribution < -0.4 is 4.50 Å². The summed E-state index contributed by atoms with van der Waals surface area (Å²) in [5.74, 6) is 0. The highest BCUT2D eigenvalue weighted by Crippen LogP contribution is 2.36. The minimum absolute atomic E-state index is 0.287. The second-order valence-corrected chi connectivity index (χ2v) is 18.2. The van der Waals surface area contributed by atoms with Crippen LogP contribution in [0.4, 0.5) is 0 Å². The van der Waals surface area contributed by atoms with Crippen molar-refractivity contribution in [2.45, 2.75) is 58.4 Å². The van der Waals surface area contributed by atoms with E-state index in [-0.39, 0.29) is 5.04 Å². The molecular weight excluding hydrogens is 296 g/mol. The summed E-state index contributed by atoms with van der Waals surface area (Å²) in [5, 5.41) is 3.86. The van der Waals surface area contributed by atoms with Gasteiger partial charge in [-0.3, -0.25) is 0 Å². The van der Waals surface area contributed by atoms with Gasteiger partial charge in [0, 0.05) is 6.61 Å². The van der Waals surface area contributed by atoms with E-state index in [2.05, 4.69) is 71.1 Å². The monoisotopic (exact) mass is 326 g/mol. The summed E-state index contributed by atoms with van der Waals surface area (Å²) in [4.78, 5) is 0. The molecule has 0 N–H and O–H groups in total. The predicted molar refractivity (Wildman–Crippen MR) is 98.3 cm³/mol. The standard InChI is InChI=1S/C16H30OSSi2/c1-14(19(5,6)15-10-9-13-18-15)11-12-17-20(7,8)16(2,3)4/h9-10,13H,1,11-12H2,2-8H3. The lowest BCUT2D eigenvalue weighted by atomic mass is 10.2. The Morgan fingerprint density at radius 2 is 1.85 bits per heavy atom. The molecule has 0 saturated heterocycles. The van der Waals surface area contributed by atoms with Crippen molar-refractivity contribution in [2.24, 2.45) is 0 Å². The van der Waals surface area contributed by atoms with Crippen LogP contribution in [0.25, 0.3) is 0 Å².